The van der Waals surface area contributed by atoms with Crippen LogP contribution in [-0.4, -0.2) is 18.4 Å². The molecule has 0 aliphatic heterocycles. The number of hydrogen-bond donors (Lipinski definition) is 1. The Morgan fingerprint density at radius 1 is 1.83 bits per heavy atom. The fourth-order valence-corrected chi connectivity index (χ4v) is 0.215. The molecule has 0 rings (SSSR count). The van der Waals surface area contributed by atoms with Crippen molar-refractivity contribution in [3.05, 3.63) is 12.1 Å². The standard InChI is InChI=1S/C3H5BClO/c5-3-1-2-4-6/h1-2,6H,3H2/b2-1+. The van der Waals surface area contributed by atoms with Crippen LogP contribution in [0.15, 0.2) is 12.1 Å². The molecule has 0 aliphatic carbocycles. The number of rotatable bonds is 2. The maximum atomic E-state index is 7.93. The van der Waals surface area contributed by atoms with Crippen molar-refractivity contribution < 1.29 is 5.02 Å². The van der Waals surface area contributed by atoms with E-state index in [1.807, 2.05) is 0 Å². The fourth-order valence-electron chi connectivity index (χ4n) is 0.112. The van der Waals surface area contributed by atoms with Gasteiger partial charge < -0.3 is 5.02 Å². The topological polar surface area (TPSA) is 20.2 Å². The van der Waals surface area contributed by atoms with E-state index < -0.39 is 0 Å². The highest BCUT2D eigenvalue weighted by molar-refractivity contribution is 6.33. The Morgan fingerprint density at radius 2 is 2.50 bits per heavy atom. The Kier molecular flexibility index (Phi) is 5.10. The lowest BCUT2D eigenvalue weighted by molar-refractivity contribution is 0.614. The SMILES string of the molecule is O[B]/C=C/CCl. The molecule has 33 valence electrons. The predicted octanol–water partition coefficient (Wildman–Crippen LogP) is 0.350. The Morgan fingerprint density at radius 3 is 2.67 bits per heavy atom. The minimum absolute atomic E-state index is 0.455. The molecule has 1 nitrogen and oxygen atoms in total. The smallest absolute Gasteiger partial charge is 0.318 e. The van der Waals surface area contributed by atoms with E-state index in [-0.39, 0.29) is 0 Å². The molecule has 0 aliphatic rings. The van der Waals surface area contributed by atoms with Gasteiger partial charge in [-0.25, -0.2) is 0 Å². The normalized spacial score (nSPS) is 9.67. The lowest BCUT2D eigenvalue weighted by Gasteiger charge is -1.68. The summed E-state index contributed by atoms with van der Waals surface area (Å²) in [5.74, 6) is 1.93. The summed E-state index contributed by atoms with van der Waals surface area (Å²) in [6.07, 6.45) is 1.64. The van der Waals surface area contributed by atoms with Gasteiger partial charge in [0.05, 0.1) is 0 Å². The third-order valence-corrected chi connectivity index (χ3v) is 0.489. The maximum Gasteiger partial charge on any atom is 0.318 e. The van der Waals surface area contributed by atoms with Gasteiger partial charge in [-0.05, 0) is 0 Å². The van der Waals surface area contributed by atoms with Gasteiger partial charge in [-0.15, -0.1) is 11.6 Å². The number of halogens is 1. The van der Waals surface area contributed by atoms with E-state index in [1.165, 1.54) is 5.98 Å². The van der Waals surface area contributed by atoms with Crippen molar-refractivity contribution in [3.8, 4) is 0 Å². The molecule has 0 bridgehead atoms. The van der Waals surface area contributed by atoms with E-state index in [0.717, 1.165) is 7.48 Å². The van der Waals surface area contributed by atoms with Gasteiger partial charge in [-0.2, -0.15) is 0 Å². The van der Waals surface area contributed by atoms with Crippen LogP contribution in [0.4, 0.5) is 0 Å². The van der Waals surface area contributed by atoms with Crippen LogP contribution >= 0.6 is 11.6 Å². The van der Waals surface area contributed by atoms with Gasteiger partial charge >= 0.3 is 7.48 Å². The summed E-state index contributed by atoms with van der Waals surface area (Å²) < 4.78 is 0. The molecule has 0 saturated heterocycles. The molecule has 0 atom stereocenters. The van der Waals surface area contributed by atoms with Crippen LogP contribution < -0.4 is 0 Å². The zero-order valence-electron chi connectivity index (χ0n) is 3.26. The van der Waals surface area contributed by atoms with E-state index in [9.17, 15) is 0 Å². The molecule has 0 aromatic heterocycles. The molecule has 1 N–H and O–H groups in total. The summed E-state index contributed by atoms with van der Waals surface area (Å²) in [6, 6.07) is 0. The van der Waals surface area contributed by atoms with Crippen LogP contribution in [0.2, 0.25) is 0 Å². The molecule has 0 unspecified atom stereocenters. The van der Waals surface area contributed by atoms with Crippen LogP contribution in [0.3, 0.4) is 0 Å². The van der Waals surface area contributed by atoms with E-state index in [0.29, 0.717) is 5.88 Å². The zero-order valence-corrected chi connectivity index (χ0v) is 4.02. The van der Waals surface area contributed by atoms with E-state index in [1.54, 1.807) is 6.08 Å². The number of hydrogen-bond acceptors (Lipinski definition) is 1. The first-order valence-corrected chi connectivity index (χ1v) is 2.13. The lowest BCUT2D eigenvalue weighted by atomic mass is 10.0. The summed E-state index contributed by atoms with van der Waals surface area (Å²) in [5.41, 5.74) is 0. The quantitative estimate of drug-likeness (QED) is 0.395. The number of allylic oxidation sites excluding steroid dienone is 1. The first-order valence-electron chi connectivity index (χ1n) is 1.60. The first-order chi connectivity index (χ1) is 2.91. The second-order valence-electron chi connectivity index (χ2n) is 0.732. The predicted molar refractivity (Wildman–Crippen MR) is 27.8 cm³/mol. The molecule has 0 amide bonds. The second-order valence-corrected chi connectivity index (χ2v) is 1.04. The fraction of sp³-hybridized carbons (Fsp3) is 0.333. The minimum atomic E-state index is 0.455. The lowest BCUT2D eigenvalue weighted by Crippen LogP contribution is -1.76. The molecule has 0 aromatic carbocycles. The molecule has 0 spiro atoms. The molecule has 0 fully saturated rings. The molecule has 0 aromatic rings. The molecular weight excluding hydrogens is 98.3 g/mol. The van der Waals surface area contributed by atoms with Crippen LogP contribution in [0, 0.1) is 0 Å². The average molecular weight is 103 g/mol. The summed E-state index contributed by atoms with van der Waals surface area (Å²) in [5, 5.41) is 7.93. The van der Waals surface area contributed by atoms with Crippen LogP contribution in [0.5, 0.6) is 0 Å². The highest BCUT2D eigenvalue weighted by atomic mass is 35.5. The summed E-state index contributed by atoms with van der Waals surface area (Å²) >= 11 is 5.16. The van der Waals surface area contributed by atoms with Gasteiger partial charge in [0.1, 0.15) is 0 Å². The summed E-state index contributed by atoms with van der Waals surface area (Å²) in [7, 11) is 0.947. The van der Waals surface area contributed by atoms with E-state index in [4.69, 9.17) is 16.6 Å². The second kappa shape index (κ2) is 5.05. The Balaban J connectivity index is 2.73. The van der Waals surface area contributed by atoms with Gasteiger partial charge in [0, 0.05) is 5.88 Å². The largest absolute Gasteiger partial charge is 0.450 e. The van der Waals surface area contributed by atoms with Gasteiger partial charge in [-0.1, -0.05) is 12.1 Å². The Labute approximate surface area is 42.9 Å². The molecule has 0 heterocycles. The highest BCUT2D eigenvalue weighted by Gasteiger charge is 1.67. The van der Waals surface area contributed by atoms with Gasteiger partial charge in [0.25, 0.3) is 0 Å². The van der Waals surface area contributed by atoms with E-state index >= 15 is 0 Å². The van der Waals surface area contributed by atoms with Crippen LogP contribution in [0.1, 0.15) is 0 Å². The zero-order chi connectivity index (χ0) is 4.83. The van der Waals surface area contributed by atoms with Gasteiger partial charge in [0.2, 0.25) is 0 Å². The third-order valence-electron chi connectivity index (χ3n) is 0.311. The Bertz CT molecular complexity index is 40.1. The monoisotopic (exact) mass is 103 g/mol. The molecule has 3 heteroatoms. The molecule has 0 saturated carbocycles. The van der Waals surface area contributed by atoms with Crippen LogP contribution in [-0.2, 0) is 0 Å². The number of alkyl halides is 1. The van der Waals surface area contributed by atoms with Crippen molar-refractivity contribution >= 4 is 19.1 Å². The summed E-state index contributed by atoms with van der Waals surface area (Å²) in [6.45, 7) is 0. The first kappa shape index (κ1) is 6.05. The van der Waals surface area contributed by atoms with Crippen LogP contribution in [0.25, 0.3) is 0 Å². The van der Waals surface area contributed by atoms with Crippen molar-refractivity contribution in [2.75, 3.05) is 5.88 Å². The van der Waals surface area contributed by atoms with Crippen molar-refractivity contribution in [3.63, 3.8) is 0 Å². The van der Waals surface area contributed by atoms with Crippen molar-refractivity contribution in [2.45, 2.75) is 0 Å². The third kappa shape index (κ3) is 4.05. The van der Waals surface area contributed by atoms with Crippen molar-refractivity contribution in [1.29, 1.82) is 0 Å². The minimum Gasteiger partial charge on any atom is -0.450 e. The summed E-state index contributed by atoms with van der Waals surface area (Å²) in [4.78, 5) is 0. The highest BCUT2D eigenvalue weighted by Crippen LogP contribution is 1.73. The van der Waals surface area contributed by atoms with Crippen molar-refractivity contribution in [2.24, 2.45) is 0 Å². The van der Waals surface area contributed by atoms with Crippen molar-refractivity contribution in [1.82, 2.24) is 0 Å². The average Bonchev–Trinajstić information content (AvgIpc) is 1.61. The van der Waals surface area contributed by atoms with Gasteiger partial charge in [-0.3, -0.25) is 0 Å². The van der Waals surface area contributed by atoms with E-state index in [2.05, 4.69) is 0 Å². The maximum absolute atomic E-state index is 7.93. The molecular formula is C3H5BClO. The van der Waals surface area contributed by atoms with Gasteiger partial charge in [0.15, 0.2) is 0 Å². The molecule has 6 heavy (non-hydrogen) atoms. The Hall–Kier alpha value is 0.0549. The molecule has 1 radical (unpaired) electrons.